The minimum Gasteiger partial charge on any atom is -0.447 e. The van der Waals surface area contributed by atoms with Gasteiger partial charge in [-0.3, -0.25) is 9.80 Å². The van der Waals surface area contributed by atoms with E-state index in [1.165, 1.54) is 0 Å². The molecule has 4 heterocycles. The van der Waals surface area contributed by atoms with Crippen LogP contribution < -0.4 is 0 Å². The Hall–Kier alpha value is -2.86. The molecule has 0 N–H and O–H groups in total. The number of carbonyl (C=O) groups is 2. The molecule has 11 nitrogen and oxygen atoms in total. The van der Waals surface area contributed by atoms with Crippen molar-refractivity contribution in [2.45, 2.75) is 26.2 Å². The summed E-state index contributed by atoms with van der Waals surface area (Å²) in [6, 6.07) is 16.0. The number of likely N-dealkylation sites (N-methyl/N-ethyl adjacent to an activating group) is 1. The van der Waals surface area contributed by atoms with E-state index in [0.29, 0.717) is 79.0 Å². The van der Waals surface area contributed by atoms with Crippen LogP contribution in [0.2, 0.25) is 0 Å². The van der Waals surface area contributed by atoms with Gasteiger partial charge in [-0.1, -0.05) is 24.3 Å². The Morgan fingerprint density at radius 1 is 0.480 bits per heavy atom. The molecule has 0 unspecified atom stereocenters. The van der Waals surface area contributed by atoms with Crippen LogP contribution in [0, 0.1) is 0 Å². The molecule has 0 saturated heterocycles. The molecule has 0 aromatic carbocycles. The fourth-order valence-corrected chi connectivity index (χ4v) is 7.37. The van der Waals surface area contributed by atoms with Crippen molar-refractivity contribution in [3.63, 3.8) is 0 Å². The number of carbonyl (C=O) groups excluding carboxylic acids is 2. The molecule has 4 aromatic rings. The summed E-state index contributed by atoms with van der Waals surface area (Å²) in [5.74, 6) is 0. The number of hydrogen-bond acceptors (Lipinski definition) is 13. The summed E-state index contributed by atoms with van der Waals surface area (Å²) in [6.45, 7) is 7.58. The molecule has 4 rings (SSSR count). The van der Waals surface area contributed by atoms with Gasteiger partial charge in [0.15, 0.2) is 0 Å². The van der Waals surface area contributed by atoms with Gasteiger partial charge in [-0.2, -0.15) is 0 Å². The van der Waals surface area contributed by atoms with Crippen LogP contribution in [-0.4, -0.2) is 113 Å². The molecule has 0 radical (unpaired) electrons. The molecular formula is C35H47N3O8S4. The van der Waals surface area contributed by atoms with Crippen molar-refractivity contribution in [2.24, 2.45) is 0 Å². The monoisotopic (exact) mass is 765 g/mol. The van der Waals surface area contributed by atoms with E-state index in [0.717, 1.165) is 32.6 Å². The maximum absolute atomic E-state index is 12.7. The summed E-state index contributed by atoms with van der Waals surface area (Å²) in [5.41, 5.74) is 0. The lowest BCUT2D eigenvalue weighted by molar-refractivity contribution is 0.0104. The van der Waals surface area contributed by atoms with E-state index in [2.05, 4.69) is 4.90 Å². The molecule has 0 aliphatic rings. The number of ether oxygens (including phenoxy) is 6. The maximum atomic E-state index is 12.7. The van der Waals surface area contributed by atoms with E-state index in [-0.39, 0.29) is 25.4 Å². The van der Waals surface area contributed by atoms with Gasteiger partial charge in [-0.05, 0) is 52.8 Å². The molecule has 15 heteroatoms. The van der Waals surface area contributed by atoms with E-state index >= 15 is 0 Å². The molecule has 0 fully saturated rings. The highest BCUT2D eigenvalue weighted by Crippen LogP contribution is 2.19. The Kier molecular flexibility index (Phi) is 19.4. The molecule has 2 amide bonds. The summed E-state index contributed by atoms with van der Waals surface area (Å²) >= 11 is 6.49. The molecule has 50 heavy (non-hydrogen) atoms. The van der Waals surface area contributed by atoms with Gasteiger partial charge in [0.05, 0.1) is 79.0 Å². The molecule has 0 atom stereocenters. The summed E-state index contributed by atoms with van der Waals surface area (Å²) < 4.78 is 33.5. The highest BCUT2D eigenvalue weighted by atomic mass is 32.1. The van der Waals surface area contributed by atoms with Crippen LogP contribution in [0.25, 0.3) is 0 Å². The van der Waals surface area contributed by atoms with E-state index in [1.54, 1.807) is 55.1 Å². The zero-order valence-electron chi connectivity index (χ0n) is 28.5. The fourth-order valence-electron chi connectivity index (χ4n) is 4.49. The second-order valence-corrected chi connectivity index (χ2v) is 15.1. The van der Waals surface area contributed by atoms with Crippen molar-refractivity contribution in [2.75, 3.05) is 86.2 Å². The lowest BCUT2D eigenvalue weighted by Gasteiger charge is -2.21. The van der Waals surface area contributed by atoms with Gasteiger partial charge in [0, 0.05) is 32.6 Å². The fraction of sp³-hybridized carbons (Fsp3) is 0.486. The first-order chi connectivity index (χ1) is 24.6. The molecule has 0 bridgehead atoms. The Bertz CT molecular complexity index is 1230. The minimum absolute atomic E-state index is 0.191. The van der Waals surface area contributed by atoms with Crippen molar-refractivity contribution in [3.05, 3.63) is 89.6 Å². The molecule has 0 aliphatic carbocycles. The van der Waals surface area contributed by atoms with E-state index < -0.39 is 0 Å². The molecule has 274 valence electrons. The highest BCUT2D eigenvalue weighted by Gasteiger charge is 2.18. The molecule has 0 aliphatic heterocycles. The molecular weight excluding hydrogens is 719 g/mol. The average molecular weight is 766 g/mol. The maximum Gasteiger partial charge on any atom is 0.410 e. The Morgan fingerprint density at radius 2 is 0.780 bits per heavy atom. The first-order valence-electron chi connectivity index (χ1n) is 16.5. The van der Waals surface area contributed by atoms with Crippen molar-refractivity contribution >= 4 is 57.5 Å². The van der Waals surface area contributed by atoms with Crippen LogP contribution in [0.3, 0.4) is 0 Å². The third kappa shape index (κ3) is 16.4. The third-order valence-corrected chi connectivity index (χ3v) is 10.6. The van der Waals surface area contributed by atoms with Gasteiger partial charge in [-0.15, -0.1) is 45.3 Å². The van der Waals surface area contributed by atoms with Crippen LogP contribution in [0.15, 0.2) is 70.1 Å². The second kappa shape index (κ2) is 24.3. The van der Waals surface area contributed by atoms with E-state index in [4.69, 9.17) is 28.4 Å². The molecule has 0 spiro atoms. The average Bonchev–Trinajstić information content (AvgIpc) is 3.96. The summed E-state index contributed by atoms with van der Waals surface area (Å²) in [6.07, 6.45) is -0.690. The first-order valence-corrected chi connectivity index (χ1v) is 20.0. The standard InChI is InChI=1S/C35H47N3O8S4/c1-36(10-12-41-14-16-43-18-20-45-34(39)37(26-30-6-2-22-47-30)27-31-7-3-23-48-31)11-13-42-15-17-44-19-21-46-35(40)38(28-32-8-4-24-49-32)29-33-9-5-25-50-33/h2-9,22-25H,10-21,26-29H2,1H3. The second-order valence-electron chi connectivity index (χ2n) is 11.0. The van der Waals surface area contributed by atoms with Crippen molar-refractivity contribution < 1.29 is 38.0 Å². The van der Waals surface area contributed by atoms with Crippen molar-refractivity contribution in [1.82, 2.24) is 14.7 Å². The van der Waals surface area contributed by atoms with Gasteiger partial charge in [0.2, 0.25) is 0 Å². The van der Waals surface area contributed by atoms with Gasteiger partial charge in [0.25, 0.3) is 0 Å². The van der Waals surface area contributed by atoms with Gasteiger partial charge in [-0.25, -0.2) is 9.59 Å². The number of hydrogen-bond donors (Lipinski definition) is 0. The Labute approximate surface area is 310 Å². The third-order valence-electron chi connectivity index (χ3n) is 7.11. The summed E-state index contributed by atoms with van der Waals surface area (Å²) in [7, 11) is 2.02. The predicted molar refractivity (Wildman–Crippen MR) is 199 cm³/mol. The minimum atomic E-state index is -0.345. The quantitative estimate of drug-likeness (QED) is 0.0632. The number of thiophene rings is 4. The van der Waals surface area contributed by atoms with E-state index in [1.807, 2.05) is 77.1 Å². The van der Waals surface area contributed by atoms with Gasteiger partial charge >= 0.3 is 12.2 Å². The van der Waals surface area contributed by atoms with Gasteiger partial charge in [0.1, 0.15) is 13.2 Å². The van der Waals surface area contributed by atoms with Crippen LogP contribution in [0.5, 0.6) is 0 Å². The van der Waals surface area contributed by atoms with Gasteiger partial charge < -0.3 is 33.3 Å². The lowest BCUT2D eigenvalue weighted by Crippen LogP contribution is -2.31. The van der Waals surface area contributed by atoms with Crippen LogP contribution >= 0.6 is 45.3 Å². The lowest BCUT2D eigenvalue weighted by atomic mass is 10.4. The number of rotatable bonds is 26. The molecule has 4 aromatic heterocycles. The SMILES string of the molecule is CN(CCOCCOCCOC(=O)N(Cc1cccs1)Cc1cccs1)CCOCCOCCOC(=O)N(Cc1cccs1)Cc1cccs1. The summed E-state index contributed by atoms with van der Waals surface area (Å²) in [5, 5.41) is 8.02. The number of nitrogens with zero attached hydrogens (tertiary/aromatic N) is 3. The topological polar surface area (TPSA) is 99.2 Å². The zero-order valence-corrected chi connectivity index (χ0v) is 31.7. The first kappa shape index (κ1) is 39.9. The van der Waals surface area contributed by atoms with E-state index in [9.17, 15) is 9.59 Å². The predicted octanol–water partition coefficient (Wildman–Crippen LogP) is 6.91. The highest BCUT2D eigenvalue weighted by molar-refractivity contribution is 7.10. The van der Waals surface area contributed by atoms with Crippen molar-refractivity contribution in [1.29, 1.82) is 0 Å². The Balaban J connectivity index is 0.927. The summed E-state index contributed by atoms with van der Waals surface area (Å²) in [4.78, 5) is 35.4. The smallest absolute Gasteiger partial charge is 0.410 e. The largest absolute Gasteiger partial charge is 0.447 e. The van der Waals surface area contributed by atoms with Crippen LogP contribution in [0.4, 0.5) is 9.59 Å². The van der Waals surface area contributed by atoms with Crippen molar-refractivity contribution in [3.8, 4) is 0 Å². The zero-order chi connectivity index (χ0) is 35.1. The van der Waals surface area contributed by atoms with Crippen LogP contribution in [0.1, 0.15) is 19.5 Å². The molecule has 0 saturated carbocycles. The number of amides is 2. The van der Waals surface area contributed by atoms with Crippen LogP contribution in [-0.2, 0) is 54.6 Å². The Morgan fingerprint density at radius 3 is 1.08 bits per heavy atom. The normalized spacial score (nSPS) is 11.2.